The van der Waals surface area contributed by atoms with Gasteiger partial charge in [-0.1, -0.05) is 30.3 Å². The second-order valence-corrected chi connectivity index (χ2v) is 6.12. The Labute approximate surface area is 142 Å². The lowest BCUT2D eigenvalue weighted by molar-refractivity contribution is 0.238. The number of carbonyl (C=O) groups is 1. The van der Waals surface area contributed by atoms with E-state index in [2.05, 4.69) is 51.9 Å². The average molecular weight is 328 g/mol. The van der Waals surface area contributed by atoms with Crippen molar-refractivity contribution in [3.05, 3.63) is 47.3 Å². The second kappa shape index (κ2) is 7.38. The van der Waals surface area contributed by atoms with Crippen LogP contribution in [-0.2, 0) is 19.4 Å². The first kappa shape index (κ1) is 16.4. The fourth-order valence-corrected chi connectivity index (χ4v) is 3.01. The summed E-state index contributed by atoms with van der Waals surface area (Å²) in [6.07, 6.45) is 1.89. The van der Waals surface area contributed by atoms with Gasteiger partial charge in [-0.3, -0.25) is 0 Å². The van der Waals surface area contributed by atoms with Crippen LogP contribution in [0.1, 0.15) is 30.9 Å². The van der Waals surface area contributed by atoms with Crippen molar-refractivity contribution in [2.24, 2.45) is 0 Å². The highest BCUT2D eigenvalue weighted by atomic mass is 16.5. The first-order valence-electron chi connectivity index (χ1n) is 8.48. The molecule has 1 aromatic carbocycles. The number of nitrogens with zero attached hydrogens (tertiary/aromatic N) is 2. The van der Waals surface area contributed by atoms with Crippen LogP contribution in [-0.4, -0.2) is 30.3 Å². The van der Waals surface area contributed by atoms with Crippen LogP contribution in [0.3, 0.4) is 0 Å². The van der Waals surface area contributed by atoms with Crippen molar-refractivity contribution in [1.82, 2.24) is 15.8 Å². The topological polar surface area (TPSA) is 70.4 Å². The molecule has 6 nitrogen and oxygen atoms in total. The number of para-hydroxylation sites is 1. The number of aryl methyl sites for hydroxylation is 1. The maximum Gasteiger partial charge on any atom is 0.315 e. The number of hydrogen-bond acceptors (Lipinski definition) is 4. The van der Waals surface area contributed by atoms with E-state index in [1.807, 2.05) is 13.0 Å². The van der Waals surface area contributed by atoms with Crippen LogP contribution in [0.25, 0.3) is 0 Å². The summed E-state index contributed by atoms with van der Waals surface area (Å²) in [5, 5.41) is 9.63. The fraction of sp³-hybridized carbons (Fsp3) is 0.444. The highest BCUT2D eigenvalue weighted by molar-refractivity contribution is 5.73. The first-order chi connectivity index (χ1) is 11.7. The number of benzene rings is 1. The molecule has 0 saturated heterocycles. The SMILES string of the molecule is CCc1cc(CNC(=O)NC[C@H](C)N2CCc3ccccc32)on1. The van der Waals surface area contributed by atoms with Gasteiger partial charge in [0.2, 0.25) is 0 Å². The van der Waals surface area contributed by atoms with Crippen molar-refractivity contribution >= 4 is 11.7 Å². The predicted octanol–water partition coefficient (Wildman–Crippen LogP) is 2.49. The Morgan fingerprint density at radius 2 is 2.21 bits per heavy atom. The number of nitrogens with one attached hydrogen (secondary N) is 2. The summed E-state index contributed by atoms with van der Waals surface area (Å²) in [4.78, 5) is 14.3. The zero-order valence-electron chi connectivity index (χ0n) is 14.2. The van der Waals surface area contributed by atoms with Crippen LogP contribution in [0.2, 0.25) is 0 Å². The van der Waals surface area contributed by atoms with Gasteiger partial charge in [-0.15, -0.1) is 0 Å². The normalized spacial score (nSPS) is 14.3. The lowest BCUT2D eigenvalue weighted by Crippen LogP contribution is -2.44. The Kier molecular flexibility index (Phi) is 5.03. The van der Waals surface area contributed by atoms with Gasteiger partial charge in [0.05, 0.1) is 12.2 Å². The van der Waals surface area contributed by atoms with Gasteiger partial charge in [-0.25, -0.2) is 4.79 Å². The number of anilines is 1. The second-order valence-electron chi connectivity index (χ2n) is 6.12. The van der Waals surface area contributed by atoms with Crippen LogP contribution in [0, 0.1) is 0 Å². The molecule has 0 unspecified atom stereocenters. The summed E-state index contributed by atoms with van der Waals surface area (Å²) in [7, 11) is 0. The van der Waals surface area contributed by atoms with E-state index in [0.29, 0.717) is 18.8 Å². The van der Waals surface area contributed by atoms with Gasteiger partial charge in [-0.05, 0) is 31.4 Å². The Morgan fingerprint density at radius 3 is 3.00 bits per heavy atom. The molecule has 0 spiro atoms. The van der Waals surface area contributed by atoms with Gasteiger partial charge < -0.3 is 20.1 Å². The van der Waals surface area contributed by atoms with Crippen LogP contribution >= 0.6 is 0 Å². The minimum absolute atomic E-state index is 0.191. The molecule has 0 saturated carbocycles. The summed E-state index contributed by atoms with van der Waals surface area (Å²) >= 11 is 0. The quantitative estimate of drug-likeness (QED) is 0.855. The molecule has 1 aliphatic rings. The molecule has 0 bridgehead atoms. The third kappa shape index (κ3) is 3.69. The van der Waals surface area contributed by atoms with Crippen molar-refractivity contribution < 1.29 is 9.32 Å². The largest absolute Gasteiger partial charge is 0.366 e. The standard InChI is InChI=1S/C18H24N4O2/c1-3-15-10-16(24-21-15)12-20-18(23)19-11-13(2)22-9-8-14-6-4-5-7-17(14)22/h4-7,10,13H,3,8-9,11-12H2,1-2H3,(H2,19,20,23)/t13-/m0/s1. The molecule has 1 aliphatic heterocycles. The number of urea groups is 1. The van der Waals surface area contributed by atoms with Crippen molar-refractivity contribution in [1.29, 1.82) is 0 Å². The van der Waals surface area contributed by atoms with E-state index in [4.69, 9.17) is 4.52 Å². The number of fused-ring (bicyclic) bond motifs is 1. The van der Waals surface area contributed by atoms with Gasteiger partial charge in [0.15, 0.2) is 5.76 Å². The molecule has 0 aliphatic carbocycles. The molecule has 24 heavy (non-hydrogen) atoms. The molecular weight excluding hydrogens is 304 g/mol. The minimum Gasteiger partial charge on any atom is -0.366 e. The molecule has 3 rings (SSSR count). The zero-order valence-corrected chi connectivity index (χ0v) is 14.2. The Hall–Kier alpha value is -2.50. The van der Waals surface area contributed by atoms with E-state index < -0.39 is 0 Å². The molecule has 6 heteroatoms. The van der Waals surface area contributed by atoms with Crippen LogP contribution in [0.5, 0.6) is 0 Å². The molecule has 2 heterocycles. The van der Waals surface area contributed by atoms with E-state index in [1.54, 1.807) is 0 Å². The minimum atomic E-state index is -0.191. The van der Waals surface area contributed by atoms with Gasteiger partial charge in [0.1, 0.15) is 0 Å². The van der Waals surface area contributed by atoms with Crippen LogP contribution in [0.15, 0.2) is 34.9 Å². The molecule has 2 aromatic rings. The summed E-state index contributed by atoms with van der Waals surface area (Å²) < 4.78 is 5.15. The lowest BCUT2D eigenvalue weighted by atomic mass is 10.2. The molecule has 0 radical (unpaired) electrons. The van der Waals surface area contributed by atoms with Crippen molar-refractivity contribution in [2.45, 2.75) is 39.3 Å². The Balaban J connectivity index is 1.44. The number of rotatable bonds is 6. The molecule has 2 N–H and O–H groups in total. The third-order valence-electron chi connectivity index (χ3n) is 4.41. The van der Waals surface area contributed by atoms with Crippen LogP contribution < -0.4 is 15.5 Å². The Bertz CT molecular complexity index is 698. The van der Waals surface area contributed by atoms with Gasteiger partial charge >= 0.3 is 6.03 Å². The maximum atomic E-state index is 12.0. The van der Waals surface area contributed by atoms with E-state index in [1.165, 1.54) is 11.3 Å². The highest BCUT2D eigenvalue weighted by Gasteiger charge is 2.23. The number of hydrogen-bond donors (Lipinski definition) is 2. The summed E-state index contributed by atoms with van der Waals surface area (Å²) in [5.41, 5.74) is 3.56. The maximum absolute atomic E-state index is 12.0. The molecule has 2 amide bonds. The summed E-state index contributed by atoms with van der Waals surface area (Å²) in [6, 6.07) is 10.4. The van der Waals surface area contributed by atoms with Gasteiger partial charge in [-0.2, -0.15) is 0 Å². The molecule has 0 fully saturated rings. The summed E-state index contributed by atoms with van der Waals surface area (Å²) in [5.74, 6) is 0.670. The van der Waals surface area contributed by atoms with Crippen molar-refractivity contribution in [3.63, 3.8) is 0 Å². The number of carbonyl (C=O) groups excluding carboxylic acids is 1. The predicted molar refractivity (Wildman–Crippen MR) is 93.1 cm³/mol. The summed E-state index contributed by atoms with van der Waals surface area (Å²) in [6.45, 7) is 6.09. The van der Waals surface area contributed by atoms with Crippen molar-refractivity contribution in [2.75, 3.05) is 18.0 Å². The lowest BCUT2D eigenvalue weighted by Gasteiger charge is -2.27. The van der Waals surface area contributed by atoms with E-state index in [0.717, 1.165) is 25.1 Å². The molecular formula is C18H24N4O2. The zero-order chi connectivity index (χ0) is 16.9. The molecule has 1 atom stereocenters. The van der Waals surface area contributed by atoms with E-state index in [9.17, 15) is 4.79 Å². The Morgan fingerprint density at radius 1 is 1.38 bits per heavy atom. The van der Waals surface area contributed by atoms with Crippen LogP contribution in [0.4, 0.5) is 10.5 Å². The van der Waals surface area contributed by atoms with E-state index in [-0.39, 0.29) is 12.1 Å². The fourth-order valence-electron chi connectivity index (χ4n) is 3.01. The monoisotopic (exact) mass is 328 g/mol. The molecule has 1 aromatic heterocycles. The smallest absolute Gasteiger partial charge is 0.315 e. The van der Waals surface area contributed by atoms with Gasteiger partial charge in [0.25, 0.3) is 0 Å². The average Bonchev–Trinajstić information content (AvgIpc) is 3.24. The third-order valence-corrected chi connectivity index (χ3v) is 4.41. The number of amides is 2. The highest BCUT2D eigenvalue weighted by Crippen LogP contribution is 2.28. The number of aromatic nitrogens is 1. The van der Waals surface area contributed by atoms with Gasteiger partial charge in [0, 0.05) is 30.9 Å². The first-order valence-corrected chi connectivity index (χ1v) is 8.48. The molecule has 128 valence electrons. The van der Waals surface area contributed by atoms with Crippen molar-refractivity contribution in [3.8, 4) is 0 Å². The van der Waals surface area contributed by atoms with E-state index >= 15 is 0 Å².